The molecular formula is C13H19NO2Y-2. The van der Waals surface area contributed by atoms with E-state index < -0.39 is 5.41 Å². The molecule has 0 heterocycles. The zero-order valence-corrected chi connectivity index (χ0v) is 13.5. The van der Waals surface area contributed by atoms with Gasteiger partial charge >= 0.3 is 0 Å². The SMILES string of the molecule is CC(C)(CCc1cc[c-]cc1)C(=O)NO.[CH3-].[Y]. The normalized spacial score (nSPS) is 9.82. The zero-order valence-electron chi connectivity index (χ0n) is 10.7. The molecule has 2 N–H and O–H groups in total. The molecule has 0 aliphatic rings. The summed E-state index contributed by atoms with van der Waals surface area (Å²) in [5.41, 5.74) is 2.32. The van der Waals surface area contributed by atoms with E-state index in [9.17, 15) is 4.79 Å². The Bertz CT molecular complexity index is 325. The van der Waals surface area contributed by atoms with Crippen LogP contribution in [0.2, 0.25) is 0 Å². The van der Waals surface area contributed by atoms with Gasteiger partial charge in [-0.2, -0.15) is 35.9 Å². The van der Waals surface area contributed by atoms with Crippen molar-refractivity contribution in [1.29, 1.82) is 0 Å². The summed E-state index contributed by atoms with van der Waals surface area (Å²) in [7, 11) is 0. The van der Waals surface area contributed by atoms with Gasteiger partial charge in [0.2, 0.25) is 5.91 Å². The first-order valence-corrected chi connectivity index (χ1v) is 4.96. The minimum atomic E-state index is -0.547. The molecule has 1 aromatic carbocycles. The average molecular weight is 310 g/mol. The summed E-state index contributed by atoms with van der Waals surface area (Å²) in [5, 5.41) is 8.56. The van der Waals surface area contributed by atoms with Gasteiger partial charge in [0.1, 0.15) is 0 Å². The number of aryl methyl sites for hydroxylation is 1. The van der Waals surface area contributed by atoms with Crippen LogP contribution < -0.4 is 5.48 Å². The third kappa shape index (κ3) is 6.30. The molecule has 93 valence electrons. The van der Waals surface area contributed by atoms with E-state index in [4.69, 9.17) is 5.21 Å². The quantitative estimate of drug-likeness (QED) is 0.510. The van der Waals surface area contributed by atoms with Gasteiger partial charge in [0.15, 0.2) is 0 Å². The van der Waals surface area contributed by atoms with Gasteiger partial charge in [-0.15, -0.1) is 0 Å². The van der Waals surface area contributed by atoms with Crippen LogP contribution in [-0.4, -0.2) is 11.1 Å². The Labute approximate surface area is 129 Å². The molecule has 1 rings (SSSR count). The molecule has 17 heavy (non-hydrogen) atoms. The van der Waals surface area contributed by atoms with Gasteiger partial charge in [-0.1, -0.05) is 13.8 Å². The molecule has 0 saturated carbocycles. The maximum Gasteiger partial charge on any atom is 0.248 e. The standard InChI is InChI=1S/C12H16NO2.CH3.Y/c1-12(2,11(14)13-15)9-8-10-6-4-3-5-7-10;;/h4-7,15H,8-9H2,1-2H3,(H,13,14);1H3;/q2*-1;. The summed E-state index contributed by atoms with van der Waals surface area (Å²) in [5.74, 6) is -0.343. The molecular weight excluding hydrogens is 291 g/mol. The average Bonchev–Trinajstić information content (AvgIpc) is 2.27. The molecule has 1 radical (unpaired) electrons. The smallest absolute Gasteiger partial charge is 0.248 e. The van der Waals surface area contributed by atoms with Crippen molar-refractivity contribution in [2.45, 2.75) is 26.7 Å². The molecule has 0 fully saturated rings. The van der Waals surface area contributed by atoms with Gasteiger partial charge in [0.05, 0.1) is 0 Å². The van der Waals surface area contributed by atoms with E-state index >= 15 is 0 Å². The van der Waals surface area contributed by atoms with Crippen LogP contribution in [0, 0.1) is 18.9 Å². The Balaban J connectivity index is 0. The first kappa shape index (κ1) is 19.1. The number of hydroxylamine groups is 1. The van der Waals surface area contributed by atoms with Gasteiger partial charge in [-0.25, -0.2) is 5.48 Å². The van der Waals surface area contributed by atoms with Crippen molar-refractivity contribution in [3.63, 3.8) is 0 Å². The third-order valence-electron chi connectivity index (χ3n) is 2.54. The second-order valence-electron chi connectivity index (χ2n) is 4.23. The van der Waals surface area contributed by atoms with Gasteiger partial charge in [0.25, 0.3) is 0 Å². The minimum absolute atomic E-state index is 0. The fourth-order valence-corrected chi connectivity index (χ4v) is 1.31. The monoisotopic (exact) mass is 310 g/mol. The first-order valence-electron chi connectivity index (χ1n) is 4.96. The Morgan fingerprint density at radius 2 is 1.94 bits per heavy atom. The Morgan fingerprint density at radius 1 is 1.41 bits per heavy atom. The summed E-state index contributed by atoms with van der Waals surface area (Å²) in [6.07, 6.45) is 1.51. The largest absolute Gasteiger partial charge is 0.358 e. The van der Waals surface area contributed by atoms with Gasteiger partial charge < -0.3 is 7.43 Å². The van der Waals surface area contributed by atoms with E-state index in [1.807, 2.05) is 38.1 Å². The topological polar surface area (TPSA) is 49.3 Å². The summed E-state index contributed by atoms with van der Waals surface area (Å²) < 4.78 is 0. The van der Waals surface area contributed by atoms with Crippen LogP contribution in [0.4, 0.5) is 0 Å². The maximum absolute atomic E-state index is 11.3. The Kier molecular flexibility index (Phi) is 9.87. The van der Waals surface area contributed by atoms with E-state index in [-0.39, 0.29) is 46.0 Å². The van der Waals surface area contributed by atoms with Crippen molar-refractivity contribution < 1.29 is 42.7 Å². The van der Waals surface area contributed by atoms with E-state index in [0.717, 1.165) is 6.42 Å². The second-order valence-corrected chi connectivity index (χ2v) is 4.23. The molecule has 0 atom stereocenters. The molecule has 0 bridgehead atoms. The van der Waals surface area contributed by atoms with E-state index in [0.29, 0.717) is 6.42 Å². The zero-order chi connectivity index (χ0) is 11.3. The van der Waals surface area contributed by atoms with Crippen LogP contribution in [0.15, 0.2) is 24.3 Å². The number of rotatable bonds is 4. The predicted octanol–water partition coefficient (Wildman–Crippen LogP) is 2.40. The molecule has 1 aromatic rings. The van der Waals surface area contributed by atoms with Crippen LogP contribution in [0.25, 0.3) is 0 Å². The summed E-state index contributed by atoms with van der Waals surface area (Å²) in [6.45, 7) is 3.63. The summed E-state index contributed by atoms with van der Waals surface area (Å²) >= 11 is 0. The first-order chi connectivity index (χ1) is 7.06. The van der Waals surface area contributed by atoms with Crippen molar-refractivity contribution in [2.75, 3.05) is 0 Å². The van der Waals surface area contributed by atoms with Crippen molar-refractivity contribution in [3.05, 3.63) is 43.3 Å². The molecule has 0 saturated heterocycles. The Hall–Kier alpha value is -0.246. The molecule has 0 aromatic heterocycles. The van der Waals surface area contributed by atoms with E-state index in [2.05, 4.69) is 6.07 Å². The van der Waals surface area contributed by atoms with Crippen LogP contribution in [0.1, 0.15) is 25.8 Å². The number of carbonyl (C=O) groups is 1. The predicted molar refractivity (Wildman–Crippen MR) is 63.7 cm³/mol. The van der Waals surface area contributed by atoms with E-state index in [1.165, 1.54) is 5.56 Å². The number of benzene rings is 1. The van der Waals surface area contributed by atoms with Crippen LogP contribution in [-0.2, 0) is 43.9 Å². The number of carbonyl (C=O) groups excluding carboxylic acids is 1. The van der Waals surface area contributed by atoms with Gasteiger partial charge in [-0.3, -0.25) is 10.0 Å². The van der Waals surface area contributed by atoms with E-state index in [1.54, 1.807) is 5.48 Å². The molecule has 0 aliphatic heterocycles. The van der Waals surface area contributed by atoms with Crippen LogP contribution in [0.5, 0.6) is 0 Å². The molecule has 4 heteroatoms. The minimum Gasteiger partial charge on any atom is -0.358 e. The molecule has 3 nitrogen and oxygen atoms in total. The Morgan fingerprint density at radius 3 is 2.41 bits per heavy atom. The number of hydrogen-bond donors (Lipinski definition) is 2. The van der Waals surface area contributed by atoms with Crippen LogP contribution in [0.3, 0.4) is 0 Å². The van der Waals surface area contributed by atoms with Crippen molar-refractivity contribution in [1.82, 2.24) is 5.48 Å². The van der Waals surface area contributed by atoms with Crippen molar-refractivity contribution >= 4 is 5.91 Å². The maximum atomic E-state index is 11.3. The summed E-state index contributed by atoms with van der Waals surface area (Å²) in [6, 6.07) is 10.6. The van der Waals surface area contributed by atoms with Crippen molar-refractivity contribution in [2.24, 2.45) is 5.41 Å². The third-order valence-corrected chi connectivity index (χ3v) is 2.54. The second kappa shape index (κ2) is 8.79. The van der Waals surface area contributed by atoms with Crippen LogP contribution >= 0.6 is 0 Å². The number of nitrogens with one attached hydrogen (secondary N) is 1. The fraction of sp³-hybridized carbons (Fsp3) is 0.385. The molecule has 1 amide bonds. The number of hydrogen-bond acceptors (Lipinski definition) is 2. The molecule has 0 unspecified atom stereocenters. The molecule has 0 spiro atoms. The van der Waals surface area contributed by atoms with Gasteiger partial charge in [-0.05, 0) is 12.8 Å². The fourth-order valence-electron chi connectivity index (χ4n) is 1.31. The van der Waals surface area contributed by atoms with Crippen molar-refractivity contribution in [3.8, 4) is 0 Å². The number of amides is 1. The van der Waals surface area contributed by atoms with Gasteiger partial charge in [0, 0.05) is 38.1 Å². The summed E-state index contributed by atoms with van der Waals surface area (Å²) in [4.78, 5) is 11.3. The molecule has 0 aliphatic carbocycles.